The fraction of sp³-hybridized carbons (Fsp3) is 0.600. The Bertz CT molecular complexity index is 667. The number of ether oxygens (including phenoxy) is 1. The molecule has 3 rings (SSSR count). The lowest BCUT2D eigenvalue weighted by molar-refractivity contribution is -0.113. The minimum absolute atomic E-state index is 0.0921. The summed E-state index contributed by atoms with van der Waals surface area (Å²) in [4.78, 5) is 0.0921. The Balaban J connectivity index is 1.79. The Morgan fingerprint density at radius 1 is 1.23 bits per heavy atom. The molecule has 1 heterocycles. The van der Waals surface area contributed by atoms with Gasteiger partial charge in [0, 0.05) is 25.2 Å². The monoisotopic (exact) mass is 363 g/mol. The molecule has 1 saturated heterocycles. The van der Waals surface area contributed by atoms with Crippen molar-refractivity contribution >= 4 is 33.2 Å². The van der Waals surface area contributed by atoms with Crippen LogP contribution in [0.25, 0.3) is 0 Å². The normalized spacial score (nSPS) is 25.1. The molecule has 0 radical (unpaired) electrons. The van der Waals surface area contributed by atoms with Crippen molar-refractivity contribution in [2.45, 2.75) is 36.7 Å². The van der Waals surface area contributed by atoms with Gasteiger partial charge in [0.15, 0.2) is 0 Å². The van der Waals surface area contributed by atoms with E-state index in [1.54, 1.807) is 13.2 Å². The molecule has 1 spiro atoms. The number of nitrogens with zero attached hydrogens (tertiary/aromatic N) is 1. The summed E-state index contributed by atoms with van der Waals surface area (Å²) >= 11 is 12.0. The summed E-state index contributed by atoms with van der Waals surface area (Å²) < 4.78 is 32.6. The SMILES string of the molecule is COC1CCC12CCN(S(=O)(=O)c1cc(Cl)ccc1Cl)CC2. The highest BCUT2D eigenvalue weighted by molar-refractivity contribution is 7.89. The molecule has 0 N–H and O–H groups in total. The van der Waals surface area contributed by atoms with Crippen LogP contribution in [0.1, 0.15) is 25.7 Å². The molecule has 1 aromatic rings. The van der Waals surface area contributed by atoms with Crippen molar-refractivity contribution in [3.63, 3.8) is 0 Å². The van der Waals surface area contributed by atoms with E-state index in [1.807, 2.05) is 0 Å². The summed E-state index contributed by atoms with van der Waals surface area (Å²) in [5.41, 5.74) is 0.166. The fourth-order valence-corrected chi connectivity index (χ4v) is 5.77. The molecular weight excluding hydrogens is 345 g/mol. The van der Waals surface area contributed by atoms with Crippen molar-refractivity contribution in [3.05, 3.63) is 28.2 Å². The summed E-state index contributed by atoms with van der Waals surface area (Å²) in [6.45, 7) is 1.01. The van der Waals surface area contributed by atoms with E-state index in [-0.39, 0.29) is 21.4 Å². The van der Waals surface area contributed by atoms with Crippen LogP contribution < -0.4 is 0 Å². The van der Waals surface area contributed by atoms with Gasteiger partial charge in [-0.25, -0.2) is 8.42 Å². The zero-order valence-electron chi connectivity index (χ0n) is 12.4. The Hall–Kier alpha value is -0.330. The Morgan fingerprint density at radius 3 is 2.45 bits per heavy atom. The summed E-state index contributed by atoms with van der Waals surface area (Å²) in [5.74, 6) is 0. The van der Waals surface area contributed by atoms with E-state index >= 15 is 0 Å². The predicted molar refractivity (Wildman–Crippen MR) is 86.9 cm³/mol. The van der Waals surface area contributed by atoms with Crippen LogP contribution in [0.2, 0.25) is 10.0 Å². The fourth-order valence-electron chi connectivity index (χ4n) is 3.60. The number of piperidine rings is 1. The first kappa shape index (κ1) is 16.5. The highest BCUT2D eigenvalue weighted by Gasteiger charge is 2.49. The van der Waals surface area contributed by atoms with E-state index in [2.05, 4.69) is 0 Å². The van der Waals surface area contributed by atoms with Gasteiger partial charge in [-0.15, -0.1) is 0 Å². The summed E-state index contributed by atoms with van der Waals surface area (Å²) in [7, 11) is -1.86. The molecule has 1 atom stereocenters. The number of hydrogen-bond donors (Lipinski definition) is 0. The topological polar surface area (TPSA) is 46.6 Å². The van der Waals surface area contributed by atoms with Gasteiger partial charge in [-0.1, -0.05) is 23.2 Å². The molecule has 0 aromatic heterocycles. The van der Waals surface area contributed by atoms with Crippen LogP contribution in [-0.2, 0) is 14.8 Å². The molecule has 1 unspecified atom stereocenters. The quantitative estimate of drug-likeness (QED) is 0.824. The van der Waals surface area contributed by atoms with Crippen molar-refractivity contribution in [1.82, 2.24) is 4.31 Å². The van der Waals surface area contributed by atoms with Gasteiger partial charge < -0.3 is 4.74 Å². The maximum absolute atomic E-state index is 12.8. The number of sulfonamides is 1. The van der Waals surface area contributed by atoms with Crippen LogP contribution in [0.3, 0.4) is 0 Å². The van der Waals surface area contributed by atoms with Crippen molar-refractivity contribution in [2.75, 3.05) is 20.2 Å². The van der Waals surface area contributed by atoms with Crippen LogP contribution >= 0.6 is 23.2 Å². The molecule has 0 amide bonds. The average molecular weight is 364 g/mol. The van der Waals surface area contributed by atoms with Gasteiger partial charge in [0.05, 0.1) is 11.1 Å². The number of halogens is 2. The first-order chi connectivity index (χ1) is 10.4. The second-order valence-corrected chi connectivity index (χ2v) is 8.85. The zero-order valence-corrected chi connectivity index (χ0v) is 14.7. The van der Waals surface area contributed by atoms with Crippen molar-refractivity contribution in [2.24, 2.45) is 5.41 Å². The molecular formula is C15H19Cl2NO3S. The Morgan fingerprint density at radius 2 is 1.91 bits per heavy atom. The highest BCUT2D eigenvalue weighted by Crippen LogP contribution is 2.51. The van der Waals surface area contributed by atoms with E-state index in [0.29, 0.717) is 18.1 Å². The summed E-state index contributed by atoms with van der Waals surface area (Å²) in [6.07, 6.45) is 4.14. The number of hydrogen-bond acceptors (Lipinski definition) is 3. The second-order valence-electron chi connectivity index (χ2n) is 6.10. The first-order valence-corrected chi connectivity index (χ1v) is 9.57. The number of rotatable bonds is 3. The van der Waals surface area contributed by atoms with E-state index < -0.39 is 10.0 Å². The van der Waals surface area contributed by atoms with E-state index in [4.69, 9.17) is 27.9 Å². The van der Waals surface area contributed by atoms with Crippen LogP contribution in [0.5, 0.6) is 0 Å². The first-order valence-electron chi connectivity index (χ1n) is 7.37. The Labute approximate surface area is 141 Å². The van der Waals surface area contributed by atoms with Crippen molar-refractivity contribution in [3.8, 4) is 0 Å². The molecule has 122 valence electrons. The van der Waals surface area contributed by atoms with Gasteiger partial charge in [-0.2, -0.15) is 4.31 Å². The number of benzene rings is 1. The maximum Gasteiger partial charge on any atom is 0.244 e. The third-order valence-corrected chi connectivity index (χ3v) is 7.72. The van der Waals surface area contributed by atoms with Gasteiger partial charge in [0.2, 0.25) is 10.0 Å². The van der Waals surface area contributed by atoms with Crippen LogP contribution in [0, 0.1) is 5.41 Å². The molecule has 1 aromatic carbocycles. The van der Waals surface area contributed by atoms with E-state index in [0.717, 1.165) is 25.7 Å². The second kappa shape index (κ2) is 5.95. The molecule has 2 aliphatic rings. The highest BCUT2D eigenvalue weighted by atomic mass is 35.5. The minimum atomic E-state index is -3.60. The lowest BCUT2D eigenvalue weighted by atomic mass is 9.61. The predicted octanol–water partition coefficient (Wildman–Crippen LogP) is 3.57. The molecule has 7 heteroatoms. The van der Waals surface area contributed by atoms with Crippen molar-refractivity contribution in [1.29, 1.82) is 0 Å². The Kier molecular flexibility index (Phi) is 4.47. The van der Waals surface area contributed by atoms with E-state index in [1.165, 1.54) is 16.4 Å². The van der Waals surface area contributed by atoms with Gasteiger partial charge in [-0.05, 0) is 49.3 Å². The van der Waals surface area contributed by atoms with Gasteiger partial charge in [0.1, 0.15) is 4.90 Å². The van der Waals surface area contributed by atoms with Gasteiger partial charge in [0.25, 0.3) is 0 Å². The lowest BCUT2D eigenvalue weighted by Crippen LogP contribution is -2.53. The summed E-state index contributed by atoms with van der Waals surface area (Å²) in [6, 6.07) is 4.53. The van der Waals surface area contributed by atoms with Gasteiger partial charge in [-0.3, -0.25) is 0 Å². The van der Waals surface area contributed by atoms with Crippen molar-refractivity contribution < 1.29 is 13.2 Å². The standard InChI is InChI=1S/C15H19Cl2NO3S/c1-21-14-4-5-15(14)6-8-18(9-7-15)22(19,20)13-10-11(16)2-3-12(13)17/h2-3,10,14H,4-9H2,1H3. The zero-order chi connectivity index (χ0) is 16.0. The number of methoxy groups -OCH3 is 1. The minimum Gasteiger partial charge on any atom is -0.381 e. The largest absolute Gasteiger partial charge is 0.381 e. The third kappa shape index (κ3) is 2.67. The molecule has 1 aliphatic heterocycles. The van der Waals surface area contributed by atoms with Crippen LogP contribution in [0.4, 0.5) is 0 Å². The smallest absolute Gasteiger partial charge is 0.244 e. The average Bonchev–Trinajstić information content (AvgIpc) is 2.49. The molecule has 1 saturated carbocycles. The molecule has 2 fully saturated rings. The van der Waals surface area contributed by atoms with Crippen LogP contribution in [0.15, 0.2) is 23.1 Å². The van der Waals surface area contributed by atoms with E-state index in [9.17, 15) is 8.42 Å². The molecule has 1 aliphatic carbocycles. The lowest BCUT2D eigenvalue weighted by Gasteiger charge is -2.52. The molecule has 0 bridgehead atoms. The molecule has 4 nitrogen and oxygen atoms in total. The molecule has 22 heavy (non-hydrogen) atoms. The van der Waals surface area contributed by atoms with Gasteiger partial charge >= 0.3 is 0 Å². The third-order valence-electron chi connectivity index (χ3n) is 5.10. The maximum atomic E-state index is 12.8. The summed E-state index contributed by atoms with van der Waals surface area (Å²) in [5, 5.41) is 0.581. The van der Waals surface area contributed by atoms with Crippen LogP contribution in [-0.4, -0.2) is 39.0 Å².